The SMILES string of the molecule is O=C1/C(=C\c2cc(Cl)ccc2OCc2cccc(F)c2)SC(=Nc2ccccc2)N1c1ccccc1. The lowest BCUT2D eigenvalue weighted by Gasteiger charge is -2.15. The summed E-state index contributed by atoms with van der Waals surface area (Å²) < 4.78 is 19.5. The first-order chi connectivity index (χ1) is 17.6. The van der Waals surface area contributed by atoms with E-state index in [0.29, 0.717) is 32.0 Å². The van der Waals surface area contributed by atoms with Crippen molar-refractivity contribution in [2.24, 2.45) is 4.99 Å². The van der Waals surface area contributed by atoms with Gasteiger partial charge in [0.1, 0.15) is 18.2 Å². The summed E-state index contributed by atoms with van der Waals surface area (Å²) in [5, 5.41) is 1.06. The molecule has 0 unspecified atom stereocenters. The number of aliphatic imine (C=N–C) groups is 1. The van der Waals surface area contributed by atoms with Crippen molar-refractivity contribution in [2.75, 3.05) is 4.90 Å². The number of anilines is 1. The predicted octanol–water partition coefficient (Wildman–Crippen LogP) is 7.87. The fourth-order valence-electron chi connectivity index (χ4n) is 3.66. The minimum absolute atomic E-state index is 0.174. The number of thioether (sulfide) groups is 1. The van der Waals surface area contributed by atoms with E-state index in [1.54, 1.807) is 41.3 Å². The fourth-order valence-corrected chi connectivity index (χ4v) is 4.83. The van der Waals surface area contributed by atoms with Gasteiger partial charge >= 0.3 is 0 Å². The van der Waals surface area contributed by atoms with Crippen molar-refractivity contribution in [2.45, 2.75) is 6.61 Å². The Morgan fingerprint density at radius 1 is 0.917 bits per heavy atom. The normalized spacial score (nSPS) is 15.6. The molecule has 1 aliphatic rings. The average Bonchev–Trinajstić information content (AvgIpc) is 3.19. The maximum atomic E-state index is 13.6. The molecule has 4 aromatic rings. The van der Waals surface area contributed by atoms with Crippen molar-refractivity contribution in [3.8, 4) is 5.75 Å². The zero-order valence-electron chi connectivity index (χ0n) is 19.0. The summed E-state index contributed by atoms with van der Waals surface area (Å²) in [5.74, 6) is 0.00921. The number of para-hydroxylation sites is 2. The largest absolute Gasteiger partial charge is 0.488 e. The van der Waals surface area contributed by atoms with Crippen molar-refractivity contribution in [1.29, 1.82) is 0 Å². The summed E-state index contributed by atoms with van der Waals surface area (Å²) in [5.41, 5.74) is 2.81. The molecule has 0 aliphatic carbocycles. The topological polar surface area (TPSA) is 41.9 Å². The van der Waals surface area contributed by atoms with Crippen molar-refractivity contribution in [3.63, 3.8) is 0 Å². The molecule has 1 amide bonds. The van der Waals surface area contributed by atoms with Crippen molar-refractivity contribution in [3.05, 3.63) is 130 Å². The van der Waals surface area contributed by atoms with Gasteiger partial charge < -0.3 is 4.74 Å². The van der Waals surface area contributed by atoms with Gasteiger partial charge in [-0.2, -0.15) is 0 Å². The van der Waals surface area contributed by atoms with E-state index < -0.39 is 0 Å². The molecule has 0 spiro atoms. The van der Waals surface area contributed by atoms with Crippen molar-refractivity contribution in [1.82, 2.24) is 0 Å². The van der Waals surface area contributed by atoms with Gasteiger partial charge in [-0.1, -0.05) is 60.1 Å². The van der Waals surface area contributed by atoms with Gasteiger partial charge in [0.25, 0.3) is 5.91 Å². The van der Waals surface area contributed by atoms with Crippen molar-refractivity contribution < 1.29 is 13.9 Å². The number of rotatable bonds is 6. The van der Waals surface area contributed by atoms with E-state index in [-0.39, 0.29) is 18.3 Å². The molecule has 0 bridgehead atoms. The minimum atomic E-state index is -0.325. The van der Waals surface area contributed by atoms with Crippen LogP contribution in [0.5, 0.6) is 5.75 Å². The molecule has 36 heavy (non-hydrogen) atoms. The van der Waals surface area contributed by atoms with Crippen LogP contribution in [0.3, 0.4) is 0 Å². The van der Waals surface area contributed by atoms with E-state index >= 15 is 0 Å². The highest BCUT2D eigenvalue weighted by Crippen LogP contribution is 2.38. The van der Waals surface area contributed by atoms with Crippen molar-refractivity contribution >= 4 is 51.9 Å². The third-order valence-electron chi connectivity index (χ3n) is 5.34. The molecule has 0 N–H and O–H groups in total. The third-order valence-corrected chi connectivity index (χ3v) is 6.55. The Hall–Kier alpha value is -3.87. The minimum Gasteiger partial charge on any atom is -0.488 e. The lowest BCUT2D eigenvalue weighted by atomic mass is 10.1. The summed E-state index contributed by atoms with van der Waals surface area (Å²) in [6.45, 7) is 0.174. The first-order valence-electron chi connectivity index (χ1n) is 11.2. The number of carbonyl (C=O) groups excluding carboxylic acids is 1. The van der Waals surface area contributed by atoms with Crippen LogP contribution in [0.2, 0.25) is 5.02 Å². The molecule has 1 heterocycles. The maximum Gasteiger partial charge on any atom is 0.271 e. The Morgan fingerprint density at radius 2 is 1.67 bits per heavy atom. The van der Waals surface area contributed by atoms with Crippen LogP contribution < -0.4 is 9.64 Å². The number of ether oxygens (including phenoxy) is 1. The van der Waals surface area contributed by atoms with Crippen LogP contribution in [-0.4, -0.2) is 11.1 Å². The first-order valence-corrected chi connectivity index (χ1v) is 12.4. The maximum absolute atomic E-state index is 13.6. The highest BCUT2D eigenvalue weighted by molar-refractivity contribution is 8.19. The number of hydrogen-bond acceptors (Lipinski definition) is 4. The lowest BCUT2D eigenvalue weighted by Crippen LogP contribution is -2.28. The Balaban J connectivity index is 1.49. The van der Waals surface area contributed by atoms with Crippen LogP contribution >= 0.6 is 23.4 Å². The van der Waals surface area contributed by atoms with E-state index in [2.05, 4.69) is 0 Å². The summed E-state index contributed by atoms with van der Waals surface area (Å²) in [4.78, 5) is 20.4. The van der Waals surface area contributed by atoms with E-state index in [1.165, 1.54) is 23.9 Å². The molecule has 1 fully saturated rings. The zero-order valence-corrected chi connectivity index (χ0v) is 20.5. The molecule has 4 aromatic carbocycles. The number of hydrogen-bond donors (Lipinski definition) is 0. The molecule has 0 saturated carbocycles. The Morgan fingerprint density at radius 3 is 2.42 bits per heavy atom. The number of nitrogens with zero attached hydrogens (tertiary/aromatic N) is 2. The lowest BCUT2D eigenvalue weighted by molar-refractivity contribution is -0.113. The number of benzene rings is 4. The molecule has 4 nitrogen and oxygen atoms in total. The molecule has 5 rings (SSSR count). The average molecular weight is 515 g/mol. The number of amides is 1. The second kappa shape index (κ2) is 10.8. The second-order valence-corrected chi connectivity index (χ2v) is 9.36. The quantitative estimate of drug-likeness (QED) is 0.246. The third kappa shape index (κ3) is 5.51. The van der Waals surface area contributed by atoms with E-state index in [9.17, 15) is 9.18 Å². The molecule has 0 radical (unpaired) electrons. The molecule has 0 atom stereocenters. The van der Waals surface area contributed by atoms with Gasteiger partial charge in [0.2, 0.25) is 0 Å². The van der Waals surface area contributed by atoms with E-state index in [4.69, 9.17) is 21.3 Å². The standard InChI is InChI=1S/C29H20ClFN2O2S/c30-22-14-15-26(35-19-20-8-7-9-23(31)16-20)21(17-22)18-27-28(34)33(25-12-5-2-6-13-25)29(36-27)32-24-10-3-1-4-11-24/h1-18H,19H2/b27-18+,32-29?. The van der Waals surface area contributed by atoms with Gasteiger partial charge in [-0.05, 0) is 78.0 Å². The Labute approximate surface area is 217 Å². The Kier molecular flexibility index (Phi) is 7.16. The van der Waals surface area contributed by atoms with Crippen LogP contribution in [0.4, 0.5) is 15.8 Å². The highest BCUT2D eigenvalue weighted by atomic mass is 35.5. The second-order valence-electron chi connectivity index (χ2n) is 7.92. The monoisotopic (exact) mass is 514 g/mol. The van der Waals surface area contributed by atoms with Gasteiger partial charge in [0, 0.05) is 10.6 Å². The Bertz CT molecular complexity index is 1460. The number of carbonyl (C=O) groups is 1. The predicted molar refractivity (Wildman–Crippen MR) is 145 cm³/mol. The van der Waals surface area contributed by atoms with E-state index in [1.807, 2.05) is 60.7 Å². The van der Waals surface area contributed by atoms with Gasteiger partial charge in [-0.15, -0.1) is 0 Å². The molecule has 1 aliphatic heterocycles. The van der Waals surface area contributed by atoms with Gasteiger partial charge in [0.05, 0.1) is 16.3 Å². The van der Waals surface area contributed by atoms with Gasteiger partial charge in [-0.3, -0.25) is 9.69 Å². The highest BCUT2D eigenvalue weighted by Gasteiger charge is 2.35. The number of halogens is 2. The first kappa shape index (κ1) is 23.9. The van der Waals surface area contributed by atoms with E-state index in [0.717, 1.165) is 11.4 Å². The summed E-state index contributed by atoms with van der Waals surface area (Å²) >= 11 is 7.56. The molecule has 1 saturated heterocycles. The van der Waals surface area contributed by atoms with Crippen LogP contribution in [0.15, 0.2) is 113 Å². The van der Waals surface area contributed by atoms with Crippen LogP contribution in [-0.2, 0) is 11.4 Å². The summed E-state index contributed by atoms with van der Waals surface area (Å²) in [7, 11) is 0. The van der Waals surface area contributed by atoms with Gasteiger partial charge in [-0.25, -0.2) is 9.38 Å². The summed E-state index contributed by atoms with van der Waals surface area (Å²) in [6, 6.07) is 30.3. The number of amidine groups is 1. The smallest absolute Gasteiger partial charge is 0.271 e. The molecule has 0 aromatic heterocycles. The van der Waals surface area contributed by atoms with Crippen LogP contribution in [0, 0.1) is 5.82 Å². The molecular weight excluding hydrogens is 495 g/mol. The summed E-state index contributed by atoms with van der Waals surface area (Å²) in [6.07, 6.45) is 1.75. The van der Waals surface area contributed by atoms with Crippen LogP contribution in [0.25, 0.3) is 6.08 Å². The van der Waals surface area contributed by atoms with Crippen LogP contribution in [0.1, 0.15) is 11.1 Å². The fraction of sp³-hybridized carbons (Fsp3) is 0.0345. The molecule has 178 valence electrons. The van der Waals surface area contributed by atoms with Gasteiger partial charge in [0.15, 0.2) is 5.17 Å². The zero-order chi connectivity index (χ0) is 24.9. The molecule has 7 heteroatoms. The molecular formula is C29H20ClFN2O2S.